The molecule has 0 radical (unpaired) electrons. The van der Waals surface area contributed by atoms with Crippen molar-refractivity contribution in [3.05, 3.63) is 73.1 Å². The van der Waals surface area contributed by atoms with Crippen LogP contribution in [0.2, 0.25) is 0 Å². The molecule has 33 heavy (non-hydrogen) atoms. The number of aryl methyl sites for hydroxylation is 2. The van der Waals surface area contributed by atoms with E-state index in [0.717, 1.165) is 42.4 Å². The van der Waals surface area contributed by atoms with Gasteiger partial charge in [0.05, 0.1) is 18.0 Å². The SMILES string of the molecule is Cc1cc(C)c2[nH]c(=O)c([C@@H](CC(N)=O)c3oc(CN4CCCCC4)cc(=O)c3O)cc2c1. The Bertz CT molecular complexity index is 1320. The second kappa shape index (κ2) is 9.23. The predicted molar refractivity (Wildman–Crippen MR) is 125 cm³/mol. The molecule has 2 aromatic heterocycles. The normalized spacial score (nSPS) is 15.6. The average molecular weight is 452 g/mol. The van der Waals surface area contributed by atoms with Crippen molar-refractivity contribution in [2.24, 2.45) is 5.73 Å². The van der Waals surface area contributed by atoms with E-state index in [0.29, 0.717) is 17.8 Å². The molecule has 1 atom stereocenters. The zero-order valence-electron chi connectivity index (χ0n) is 18.9. The first-order valence-electron chi connectivity index (χ1n) is 11.2. The summed E-state index contributed by atoms with van der Waals surface area (Å²) in [5.74, 6) is -2.01. The van der Waals surface area contributed by atoms with Gasteiger partial charge in [0.1, 0.15) is 5.76 Å². The Morgan fingerprint density at radius 3 is 2.58 bits per heavy atom. The summed E-state index contributed by atoms with van der Waals surface area (Å²) in [4.78, 5) is 42.6. The Labute approximate surface area is 191 Å². The minimum atomic E-state index is -0.995. The Hall–Kier alpha value is -3.39. The number of fused-ring (bicyclic) bond motifs is 1. The van der Waals surface area contributed by atoms with Gasteiger partial charge >= 0.3 is 0 Å². The van der Waals surface area contributed by atoms with Crippen LogP contribution in [0, 0.1) is 13.8 Å². The van der Waals surface area contributed by atoms with E-state index in [-0.39, 0.29) is 17.7 Å². The smallest absolute Gasteiger partial charge is 0.252 e. The van der Waals surface area contributed by atoms with Crippen molar-refractivity contribution in [2.75, 3.05) is 13.1 Å². The highest BCUT2D eigenvalue weighted by atomic mass is 16.4. The lowest BCUT2D eigenvalue weighted by Crippen LogP contribution is -2.29. The molecule has 1 aliphatic heterocycles. The van der Waals surface area contributed by atoms with Crippen LogP contribution in [0.3, 0.4) is 0 Å². The van der Waals surface area contributed by atoms with Crippen LogP contribution in [0.5, 0.6) is 5.75 Å². The molecular formula is C25H29N3O5. The molecule has 0 bridgehead atoms. The number of benzene rings is 1. The fourth-order valence-electron chi connectivity index (χ4n) is 4.71. The van der Waals surface area contributed by atoms with Crippen molar-refractivity contribution in [3.63, 3.8) is 0 Å². The van der Waals surface area contributed by atoms with E-state index in [1.165, 1.54) is 12.5 Å². The summed E-state index contributed by atoms with van der Waals surface area (Å²) in [7, 11) is 0. The standard InChI is InChI=1S/C25H29N3O5/c1-14-8-15(2)22-16(9-14)10-19(25(32)27-22)18(12-21(26)30)24-23(31)20(29)11-17(33-24)13-28-6-4-3-5-7-28/h8-11,18,31H,3-7,12-13H2,1-2H3,(H2,26,30)(H,27,32)/t18-/m1/s1. The van der Waals surface area contributed by atoms with E-state index in [1.807, 2.05) is 26.0 Å². The van der Waals surface area contributed by atoms with Gasteiger partial charge in [0.15, 0.2) is 5.76 Å². The summed E-state index contributed by atoms with van der Waals surface area (Å²) in [5, 5.41) is 11.4. The van der Waals surface area contributed by atoms with Crippen molar-refractivity contribution in [1.82, 2.24) is 9.88 Å². The Morgan fingerprint density at radius 1 is 1.15 bits per heavy atom. The van der Waals surface area contributed by atoms with E-state index >= 15 is 0 Å². The lowest BCUT2D eigenvalue weighted by atomic mass is 9.91. The number of hydrogen-bond acceptors (Lipinski definition) is 6. The summed E-state index contributed by atoms with van der Waals surface area (Å²) in [6.45, 7) is 6.06. The van der Waals surface area contributed by atoms with E-state index in [2.05, 4.69) is 9.88 Å². The van der Waals surface area contributed by atoms with Crippen LogP contribution in [0.25, 0.3) is 10.9 Å². The number of carbonyl (C=O) groups excluding carboxylic acids is 1. The van der Waals surface area contributed by atoms with Gasteiger partial charge < -0.3 is 20.2 Å². The number of H-pyrrole nitrogens is 1. The van der Waals surface area contributed by atoms with Gasteiger partial charge in [-0.2, -0.15) is 0 Å². The maximum absolute atomic E-state index is 13.0. The minimum absolute atomic E-state index is 0.109. The molecule has 1 amide bonds. The lowest BCUT2D eigenvalue weighted by Gasteiger charge is -2.26. The minimum Gasteiger partial charge on any atom is -0.502 e. The van der Waals surface area contributed by atoms with Crippen LogP contribution in [0.4, 0.5) is 0 Å². The highest BCUT2D eigenvalue weighted by Gasteiger charge is 2.28. The van der Waals surface area contributed by atoms with Crippen molar-refractivity contribution in [1.29, 1.82) is 0 Å². The predicted octanol–water partition coefficient (Wildman–Crippen LogP) is 2.80. The number of carbonyl (C=O) groups is 1. The zero-order chi connectivity index (χ0) is 23.7. The summed E-state index contributed by atoms with van der Waals surface area (Å²) < 4.78 is 5.97. The van der Waals surface area contributed by atoms with Gasteiger partial charge in [0, 0.05) is 18.1 Å². The van der Waals surface area contributed by atoms with E-state index in [4.69, 9.17) is 10.2 Å². The van der Waals surface area contributed by atoms with Crippen LogP contribution in [-0.2, 0) is 11.3 Å². The largest absolute Gasteiger partial charge is 0.502 e. The molecule has 174 valence electrons. The number of aromatic amines is 1. The van der Waals surface area contributed by atoms with Crippen LogP contribution in [0.15, 0.2) is 38.3 Å². The van der Waals surface area contributed by atoms with Gasteiger partial charge in [-0.25, -0.2) is 0 Å². The maximum Gasteiger partial charge on any atom is 0.252 e. The van der Waals surface area contributed by atoms with E-state index < -0.39 is 28.6 Å². The van der Waals surface area contributed by atoms with Gasteiger partial charge in [-0.05, 0) is 62.9 Å². The molecule has 0 aliphatic carbocycles. The van der Waals surface area contributed by atoms with Crippen LogP contribution in [0.1, 0.15) is 59.8 Å². The topological polar surface area (TPSA) is 130 Å². The van der Waals surface area contributed by atoms with Crippen molar-refractivity contribution < 1.29 is 14.3 Å². The van der Waals surface area contributed by atoms with Crippen LogP contribution < -0.4 is 16.7 Å². The third-order valence-corrected chi connectivity index (χ3v) is 6.25. The molecule has 0 saturated carbocycles. The molecule has 3 heterocycles. The first kappa shape index (κ1) is 22.8. The summed E-state index contributed by atoms with van der Waals surface area (Å²) in [6.07, 6.45) is 3.03. The molecule has 0 unspecified atom stereocenters. The first-order chi connectivity index (χ1) is 15.7. The number of nitrogens with zero attached hydrogens (tertiary/aromatic N) is 1. The third kappa shape index (κ3) is 4.85. The molecule has 1 saturated heterocycles. The van der Waals surface area contributed by atoms with Crippen molar-refractivity contribution >= 4 is 16.8 Å². The lowest BCUT2D eigenvalue weighted by molar-refractivity contribution is -0.118. The number of likely N-dealkylation sites (tertiary alicyclic amines) is 1. The molecular weight excluding hydrogens is 422 g/mol. The number of hydrogen-bond donors (Lipinski definition) is 3. The molecule has 1 aromatic carbocycles. The van der Waals surface area contributed by atoms with Gasteiger partial charge in [-0.3, -0.25) is 19.3 Å². The Morgan fingerprint density at radius 2 is 1.88 bits per heavy atom. The maximum atomic E-state index is 13.0. The number of rotatable bonds is 6. The molecule has 8 heteroatoms. The molecule has 4 rings (SSSR count). The number of aromatic nitrogens is 1. The van der Waals surface area contributed by atoms with E-state index in [9.17, 15) is 19.5 Å². The average Bonchev–Trinajstić information content (AvgIpc) is 2.75. The summed E-state index contributed by atoms with van der Waals surface area (Å²) >= 11 is 0. The third-order valence-electron chi connectivity index (χ3n) is 6.25. The number of piperidine rings is 1. The van der Waals surface area contributed by atoms with Gasteiger partial charge in [-0.15, -0.1) is 0 Å². The van der Waals surface area contributed by atoms with Crippen LogP contribution >= 0.6 is 0 Å². The zero-order valence-corrected chi connectivity index (χ0v) is 18.9. The first-order valence-corrected chi connectivity index (χ1v) is 11.2. The Balaban J connectivity index is 1.84. The Kier molecular flexibility index (Phi) is 6.37. The number of aromatic hydroxyl groups is 1. The van der Waals surface area contributed by atoms with Crippen LogP contribution in [-0.4, -0.2) is 34.0 Å². The fourth-order valence-corrected chi connectivity index (χ4v) is 4.71. The summed E-state index contributed by atoms with van der Waals surface area (Å²) in [6, 6.07) is 6.84. The molecule has 0 spiro atoms. The quantitative estimate of drug-likeness (QED) is 0.528. The molecule has 3 aromatic rings. The molecule has 1 aliphatic rings. The van der Waals surface area contributed by atoms with E-state index in [1.54, 1.807) is 6.07 Å². The number of nitrogens with one attached hydrogen (secondary N) is 1. The summed E-state index contributed by atoms with van der Waals surface area (Å²) in [5.41, 5.74) is 7.29. The number of amides is 1. The van der Waals surface area contributed by atoms with Gasteiger partial charge in [-0.1, -0.05) is 18.1 Å². The second-order valence-electron chi connectivity index (χ2n) is 8.95. The van der Waals surface area contributed by atoms with Crippen molar-refractivity contribution in [2.45, 2.75) is 52.0 Å². The highest BCUT2D eigenvalue weighted by Crippen LogP contribution is 2.33. The molecule has 1 fully saturated rings. The number of primary amides is 1. The second-order valence-corrected chi connectivity index (χ2v) is 8.95. The number of pyridine rings is 1. The van der Waals surface area contributed by atoms with Crippen molar-refractivity contribution in [3.8, 4) is 5.75 Å². The molecule has 8 nitrogen and oxygen atoms in total. The van der Waals surface area contributed by atoms with Gasteiger partial charge in [0.25, 0.3) is 5.56 Å². The number of nitrogens with two attached hydrogens (primary N) is 1. The molecule has 4 N–H and O–H groups in total. The monoisotopic (exact) mass is 451 g/mol. The highest BCUT2D eigenvalue weighted by molar-refractivity contribution is 5.83. The fraction of sp³-hybridized carbons (Fsp3) is 0.400. The van der Waals surface area contributed by atoms with Gasteiger partial charge in [0.2, 0.25) is 17.1 Å².